The van der Waals surface area contributed by atoms with Gasteiger partial charge in [0.05, 0.1) is 19.8 Å². The van der Waals surface area contributed by atoms with Gasteiger partial charge in [0.25, 0.3) is 0 Å². The minimum Gasteiger partial charge on any atom is -0.496 e. The molecule has 0 amide bonds. The lowest BCUT2D eigenvalue weighted by Crippen LogP contribution is -2.48. The molecule has 4 saturated carbocycles. The Hall–Kier alpha value is -3.34. The van der Waals surface area contributed by atoms with Crippen LogP contribution >= 0.6 is 0 Å². The maximum atomic E-state index is 12.0. The molecule has 0 radical (unpaired) electrons. The molecule has 2 aromatic rings. The van der Waals surface area contributed by atoms with E-state index in [0.717, 1.165) is 53.6 Å². The first-order valence-corrected chi connectivity index (χ1v) is 13.4. The number of carboxylic acids is 1. The van der Waals surface area contributed by atoms with E-state index in [0.29, 0.717) is 5.56 Å². The van der Waals surface area contributed by atoms with Gasteiger partial charge in [0.2, 0.25) is 0 Å². The summed E-state index contributed by atoms with van der Waals surface area (Å²) in [6.07, 6.45) is 14.4. The van der Waals surface area contributed by atoms with E-state index in [1.54, 1.807) is 31.4 Å². The van der Waals surface area contributed by atoms with Gasteiger partial charge in [-0.15, -0.1) is 0 Å². The highest BCUT2D eigenvalue weighted by molar-refractivity contribution is 5.92. The standard InChI is InChI=1S/C32H36O5/c1-36-29-16-21(9-11-28(29)32-18-22-13-23(19-32)15-24(14-22)20-32)5-3-6-25(10-12-30(33)34)26-7-4-8-27(17-26)31(35)37-2/h4,6-12,16-17,22-24H,3,5,13-15,18-20H2,1-2H3,(H,33,34)/b12-10-,25-6-. The molecule has 2 aromatic carbocycles. The molecule has 4 aliphatic rings. The molecular formula is C32H36O5. The van der Waals surface area contributed by atoms with Crippen LogP contribution in [-0.4, -0.2) is 31.3 Å². The number of benzene rings is 2. The van der Waals surface area contributed by atoms with Gasteiger partial charge in [-0.2, -0.15) is 0 Å². The largest absolute Gasteiger partial charge is 0.496 e. The second-order valence-corrected chi connectivity index (χ2v) is 11.2. The summed E-state index contributed by atoms with van der Waals surface area (Å²) in [6, 6.07) is 13.8. The average Bonchev–Trinajstić information content (AvgIpc) is 2.89. The van der Waals surface area contributed by atoms with Crippen molar-refractivity contribution in [3.05, 3.63) is 82.9 Å². The zero-order chi connectivity index (χ0) is 26.0. The minimum absolute atomic E-state index is 0.290. The molecule has 0 heterocycles. The monoisotopic (exact) mass is 500 g/mol. The number of hydrogen-bond donors (Lipinski definition) is 1. The summed E-state index contributed by atoms with van der Waals surface area (Å²) < 4.78 is 10.8. The molecule has 4 fully saturated rings. The van der Waals surface area contributed by atoms with E-state index in [1.807, 2.05) is 12.1 Å². The number of esters is 1. The lowest BCUT2D eigenvalue weighted by molar-refractivity contribution is -0.131. The van der Waals surface area contributed by atoms with Crippen molar-refractivity contribution in [3.63, 3.8) is 0 Å². The Bertz CT molecular complexity index is 1200. The van der Waals surface area contributed by atoms with Crippen molar-refractivity contribution in [3.8, 4) is 5.75 Å². The van der Waals surface area contributed by atoms with Crippen molar-refractivity contribution < 1.29 is 24.2 Å². The zero-order valence-electron chi connectivity index (χ0n) is 21.7. The van der Waals surface area contributed by atoms with Crippen LogP contribution in [0.4, 0.5) is 0 Å². The number of carboxylic acid groups (broad SMARTS) is 1. The first-order valence-electron chi connectivity index (χ1n) is 13.4. The van der Waals surface area contributed by atoms with Crippen molar-refractivity contribution in [1.29, 1.82) is 0 Å². The summed E-state index contributed by atoms with van der Waals surface area (Å²) in [4.78, 5) is 23.2. The summed E-state index contributed by atoms with van der Waals surface area (Å²) in [7, 11) is 3.13. The fourth-order valence-electron chi connectivity index (χ4n) is 7.55. The maximum Gasteiger partial charge on any atom is 0.337 e. The third-order valence-electron chi connectivity index (χ3n) is 8.70. The second-order valence-electron chi connectivity index (χ2n) is 11.2. The van der Waals surface area contributed by atoms with E-state index in [4.69, 9.17) is 14.6 Å². The predicted octanol–water partition coefficient (Wildman–Crippen LogP) is 6.61. The van der Waals surface area contributed by atoms with Crippen LogP contribution in [0.5, 0.6) is 5.75 Å². The van der Waals surface area contributed by atoms with Gasteiger partial charge in [0, 0.05) is 11.6 Å². The fraction of sp³-hybridized carbons (Fsp3) is 0.438. The number of allylic oxidation sites excluding steroid dienone is 3. The Balaban J connectivity index is 1.35. The number of hydrogen-bond acceptors (Lipinski definition) is 4. The van der Waals surface area contributed by atoms with Gasteiger partial charge in [-0.3, -0.25) is 0 Å². The summed E-state index contributed by atoms with van der Waals surface area (Å²) in [5, 5.41) is 9.16. The molecule has 0 spiro atoms. The van der Waals surface area contributed by atoms with Crippen LogP contribution in [-0.2, 0) is 21.4 Å². The quantitative estimate of drug-likeness (QED) is 0.238. The number of ether oxygens (including phenoxy) is 2. The van der Waals surface area contributed by atoms with Gasteiger partial charge in [-0.1, -0.05) is 30.3 Å². The van der Waals surface area contributed by atoms with E-state index in [9.17, 15) is 9.59 Å². The molecule has 4 aliphatic carbocycles. The third-order valence-corrected chi connectivity index (χ3v) is 8.70. The molecule has 0 aromatic heterocycles. The minimum atomic E-state index is -1.01. The van der Waals surface area contributed by atoms with Gasteiger partial charge < -0.3 is 14.6 Å². The highest BCUT2D eigenvalue weighted by Gasteiger charge is 2.52. The number of aliphatic carboxylic acids is 1. The zero-order valence-corrected chi connectivity index (χ0v) is 21.7. The van der Waals surface area contributed by atoms with Crippen LogP contribution in [0.25, 0.3) is 5.57 Å². The molecule has 4 bridgehead atoms. The molecule has 37 heavy (non-hydrogen) atoms. The highest BCUT2D eigenvalue weighted by Crippen LogP contribution is 2.61. The Morgan fingerprint density at radius 1 is 0.946 bits per heavy atom. The normalized spacial score (nSPS) is 26.4. The third kappa shape index (κ3) is 5.36. The molecule has 0 aliphatic heterocycles. The molecule has 0 unspecified atom stereocenters. The Kier molecular flexibility index (Phi) is 7.23. The molecule has 194 valence electrons. The first-order chi connectivity index (χ1) is 17.9. The van der Waals surface area contributed by atoms with Gasteiger partial charge in [0.15, 0.2) is 0 Å². The van der Waals surface area contributed by atoms with Crippen molar-refractivity contribution >= 4 is 17.5 Å². The Morgan fingerprint density at radius 2 is 1.62 bits per heavy atom. The summed E-state index contributed by atoms with van der Waals surface area (Å²) in [6.45, 7) is 0. The maximum absolute atomic E-state index is 12.0. The van der Waals surface area contributed by atoms with E-state index >= 15 is 0 Å². The number of methoxy groups -OCH3 is 2. The van der Waals surface area contributed by atoms with Crippen LogP contribution < -0.4 is 4.74 Å². The summed E-state index contributed by atoms with van der Waals surface area (Å²) in [5.41, 5.74) is 4.85. The SMILES string of the molecule is COC(=O)c1cccc(C(/C=C\C(=O)O)=C\CCc2ccc(C34CC5CC(CC(C5)C3)C4)c(OC)c2)c1. The summed E-state index contributed by atoms with van der Waals surface area (Å²) >= 11 is 0. The van der Waals surface area contributed by atoms with Gasteiger partial charge >= 0.3 is 11.9 Å². The lowest BCUT2D eigenvalue weighted by Gasteiger charge is -2.57. The van der Waals surface area contributed by atoms with Crippen LogP contribution in [0, 0.1) is 17.8 Å². The van der Waals surface area contributed by atoms with Crippen LogP contribution in [0.2, 0.25) is 0 Å². The smallest absolute Gasteiger partial charge is 0.337 e. The molecule has 1 N–H and O–H groups in total. The van der Waals surface area contributed by atoms with Crippen LogP contribution in [0.3, 0.4) is 0 Å². The number of carbonyl (C=O) groups excluding carboxylic acids is 1. The fourth-order valence-corrected chi connectivity index (χ4v) is 7.55. The van der Waals surface area contributed by atoms with Gasteiger partial charge in [-0.05, 0) is 116 Å². The van der Waals surface area contributed by atoms with E-state index in [2.05, 4.69) is 18.2 Å². The topological polar surface area (TPSA) is 72.8 Å². The Morgan fingerprint density at radius 3 is 2.24 bits per heavy atom. The van der Waals surface area contributed by atoms with Crippen molar-refractivity contribution in [1.82, 2.24) is 0 Å². The number of carbonyl (C=O) groups is 2. The highest BCUT2D eigenvalue weighted by atomic mass is 16.5. The van der Waals surface area contributed by atoms with Crippen molar-refractivity contribution in [2.45, 2.75) is 56.8 Å². The number of rotatable bonds is 9. The average molecular weight is 501 g/mol. The van der Waals surface area contributed by atoms with Gasteiger partial charge in [-0.25, -0.2) is 9.59 Å². The van der Waals surface area contributed by atoms with Crippen LogP contribution in [0.1, 0.15) is 72.0 Å². The second kappa shape index (κ2) is 10.6. The van der Waals surface area contributed by atoms with Crippen molar-refractivity contribution in [2.75, 3.05) is 14.2 Å². The summed E-state index contributed by atoms with van der Waals surface area (Å²) in [5.74, 6) is 2.23. The molecule has 5 heteroatoms. The molecule has 6 rings (SSSR count). The lowest BCUT2D eigenvalue weighted by atomic mass is 9.48. The van der Waals surface area contributed by atoms with E-state index < -0.39 is 11.9 Å². The Labute approximate surface area is 219 Å². The predicted molar refractivity (Wildman–Crippen MR) is 144 cm³/mol. The van der Waals surface area contributed by atoms with Crippen LogP contribution in [0.15, 0.2) is 60.7 Å². The molecule has 0 atom stereocenters. The van der Waals surface area contributed by atoms with E-state index in [1.165, 1.54) is 56.8 Å². The van der Waals surface area contributed by atoms with Crippen molar-refractivity contribution in [2.24, 2.45) is 17.8 Å². The number of aryl methyl sites for hydroxylation is 1. The molecule has 0 saturated heterocycles. The molecular weight excluding hydrogens is 464 g/mol. The van der Waals surface area contributed by atoms with E-state index in [-0.39, 0.29) is 5.41 Å². The van der Waals surface area contributed by atoms with Gasteiger partial charge in [0.1, 0.15) is 5.75 Å². The molecule has 5 nitrogen and oxygen atoms in total. The first kappa shape index (κ1) is 25.3.